The first-order chi connectivity index (χ1) is 9.35. The standard InChI is InChI=1S/C15H23N3O.HI/c1-3-19-14-9-5-4-8-13(14)12-17-15(16-2)18-10-6-7-11-18;/h4-5,8-9H,3,6-7,10-12H2,1-2H3,(H,16,17);1H. The van der Waals surface area contributed by atoms with Crippen LogP contribution in [0.15, 0.2) is 29.3 Å². The molecule has 0 aliphatic carbocycles. The Balaban J connectivity index is 0.00000200. The summed E-state index contributed by atoms with van der Waals surface area (Å²) in [5, 5.41) is 3.42. The molecule has 1 aliphatic rings. The van der Waals surface area contributed by atoms with Crippen LogP contribution in [0.2, 0.25) is 0 Å². The maximum atomic E-state index is 5.63. The van der Waals surface area contributed by atoms with Crippen molar-refractivity contribution in [2.24, 2.45) is 4.99 Å². The quantitative estimate of drug-likeness (QED) is 0.489. The lowest BCUT2D eigenvalue weighted by molar-refractivity contribution is 0.336. The van der Waals surface area contributed by atoms with Crippen molar-refractivity contribution in [1.29, 1.82) is 0 Å². The lowest BCUT2D eigenvalue weighted by atomic mass is 10.2. The molecule has 0 bridgehead atoms. The third-order valence-corrected chi connectivity index (χ3v) is 3.33. The first kappa shape index (κ1) is 17.1. The molecule has 1 heterocycles. The fourth-order valence-electron chi connectivity index (χ4n) is 2.38. The van der Waals surface area contributed by atoms with E-state index in [9.17, 15) is 0 Å². The van der Waals surface area contributed by atoms with Crippen molar-refractivity contribution in [3.05, 3.63) is 29.8 Å². The maximum absolute atomic E-state index is 5.63. The number of ether oxygens (including phenoxy) is 1. The summed E-state index contributed by atoms with van der Waals surface area (Å²) in [7, 11) is 1.84. The highest BCUT2D eigenvalue weighted by Gasteiger charge is 2.15. The lowest BCUT2D eigenvalue weighted by Gasteiger charge is -2.21. The van der Waals surface area contributed by atoms with Gasteiger partial charge in [-0.3, -0.25) is 4.99 Å². The third kappa shape index (κ3) is 4.54. The van der Waals surface area contributed by atoms with Crippen molar-refractivity contribution in [2.45, 2.75) is 26.3 Å². The zero-order valence-electron chi connectivity index (χ0n) is 12.3. The van der Waals surface area contributed by atoms with E-state index < -0.39 is 0 Å². The number of nitrogens with zero attached hydrogens (tertiary/aromatic N) is 2. The first-order valence-corrected chi connectivity index (χ1v) is 7.01. The van der Waals surface area contributed by atoms with E-state index in [1.807, 2.05) is 32.2 Å². The Bertz CT molecular complexity index is 431. The van der Waals surface area contributed by atoms with Crippen molar-refractivity contribution in [2.75, 3.05) is 26.7 Å². The molecule has 0 atom stereocenters. The Morgan fingerprint density at radius 1 is 1.30 bits per heavy atom. The molecule has 20 heavy (non-hydrogen) atoms. The molecule has 0 spiro atoms. The first-order valence-electron chi connectivity index (χ1n) is 7.01. The number of likely N-dealkylation sites (tertiary alicyclic amines) is 1. The lowest BCUT2D eigenvalue weighted by Crippen LogP contribution is -2.39. The van der Waals surface area contributed by atoms with Crippen LogP contribution < -0.4 is 10.1 Å². The van der Waals surface area contributed by atoms with Crippen LogP contribution in [-0.2, 0) is 6.54 Å². The SMILES string of the molecule is CCOc1ccccc1CNC(=NC)N1CCCC1.I. The van der Waals surface area contributed by atoms with Gasteiger partial charge in [-0.05, 0) is 25.8 Å². The molecule has 0 saturated carbocycles. The second-order valence-corrected chi connectivity index (χ2v) is 4.64. The fourth-order valence-corrected chi connectivity index (χ4v) is 2.38. The topological polar surface area (TPSA) is 36.9 Å². The van der Waals surface area contributed by atoms with Gasteiger partial charge in [0.05, 0.1) is 6.61 Å². The van der Waals surface area contributed by atoms with E-state index >= 15 is 0 Å². The predicted octanol–water partition coefficient (Wildman–Crippen LogP) is 2.87. The Morgan fingerprint density at radius 2 is 2.00 bits per heavy atom. The van der Waals surface area contributed by atoms with E-state index in [-0.39, 0.29) is 24.0 Å². The highest BCUT2D eigenvalue weighted by molar-refractivity contribution is 14.0. The molecule has 0 aromatic heterocycles. The number of hydrogen-bond acceptors (Lipinski definition) is 2. The Labute approximate surface area is 138 Å². The molecule has 112 valence electrons. The van der Waals surface area contributed by atoms with Crippen molar-refractivity contribution in [1.82, 2.24) is 10.2 Å². The zero-order valence-corrected chi connectivity index (χ0v) is 14.6. The van der Waals surface area contributed by atoms with Gasteiger partial charge in [0.2, 0.25) is 0 Å². The van der Waals surface area contributed by atoms with Crippen molar-refractivity contribution >= 4 is 29.9 Å². The van der Waals surface area contributed by atoms with Gasteiger partial charge in [0.25, 0.3) is 0 Å². The molecule has 0 amide bonds. The van der Waals surface area contributed by atoms with E-state index in [2.05, 4.69) is 21.3 Å². The van der Waals surface area contributed by atoms with E-state index in [0.717, 1.165) is 31.3 Å². The van der Waals surface area contributed by atoms with Gasteiger partial charge in [0, 0.05) is 32.2 Å². The molecule has 1 aromatic rings. The molecule has 0 unspecified atom stereocenters. The number of halogens is 1. The number of guanidine groups is 1. The van der Waals surface area contributed by atoms with Gasteiger partial charge in [-0.15, -0.1) is 24.0 Å². The Morgan fingerprint density at radius 3 is 2.65 bits per heavy atom. The maximum Gasteiger partial charge on any atom is 0.193 e. The van der Waals surface area contributed by atoms with Crippen molar-refractivity contribution in [3.63, 3.8) is 0 Å². The number of nitrogens with one attached hydrogen (secondary N) is 1. The van der Waals surface area contributed by atoms with Gasteiger partial charge < -0.3 is 15.0 Å². The highest BCUT2D eigenvalue weighted by atomic mass is 127. The van der Waals surface area contributed by atoms with Crippen LogP contribution in [0, 0.1) is 0 Å². The van der Waals surface area contributed by atoms with Gasteiger partial charge in [0.15, 0.2) is 5.96 Å². The number of hydrogen-bond donors (Lipinski definition) is 1. The van der Waals surface area contributed by atoms with Gasteiger partial charge in [-0.2, -0.15) is 0 Å². The fraction of sp³-hybridized carbons (Fsp3) is 0.533. The summed E-state index contributed by atoms with van der Waals surface area (Å²) in [6, 6.07) is 8.15. The van der Waals surface area contributed by atoms with Gasteiger partial charge in [-0.25, -0.2) is 0 Å². The molecule has 1 aromatic carbocycles. The number of para-hydroxylation sites is 1. The second-order valence-electron chi connectivity index (χ2n) is 4.64. The molecular weight excluding hydrogens is 365 g/mol. The van der Waals surface area contributed by atoms with Gasteiger partial charge in [-0.1, -0.05) is 18.2 Å². The molecule has 1 N–H and O–H groups in total. The normalized spacial score (nSPS) is 14.9. The minimum Gasteiger partial charge on any atom is -0.494 e. The summed E-state index contributed by atoms with van der Waals surface area (Å²) >= 11 is 0. The average molecular weight is 389 g/mol. The molecule has 1 aliphatic heterocycles. The Kier molecular flexibility index (Phi) is 7.72. The highest BCUT2D eigenvalue weighted by Crippen LogP contribution is 2.17. The smallest absolute Gasteiger partial charge is 0.193 e. The summed E-state index contributed by atoms with van der Waals surface area (Å²) < 4.78 is 5.63. The summed E-state index contributed by atoms with van der Waals surface area (Å²) in [6.45, 7) is 5.66. The summed E-state index contributed by atoms with van der Waals surface area (Å²) in [5.74, 6) is 1.94. The minimum absolute atomic E-state index is 0. The van der Waals surface area contributed by atoms with Gasteiger partial charge >= 0.3 is 0 Å². The number of aliphatic imine (C=N–C) groups is 1. The molecular formula is C15H24IN3O. The summed E-state index contributed by atoms with van der Waals surface area (Å²) in [4.78, 5) is 6.66. The molecule has 1 fully saturated rings. The molecule has 2 rings (SSSR count). The molecule has 0 radical (unpaired) electrons. The van der Waals surface area contributed by atoms with Crippen LogP contribution in [0.3, 0.4) is 0 Å². The average Bonchev–Trinajstić information content (AvgIpc) is 2.96. The minimum atomic E-state index is 0. The van der Waals surface area contributed by atoms with Crippen LogP contribution in [0.25, 0.3) is 0 Å². The predicted molar refractivity (Wildman–Crippen MR) is 94.0 cm³/mol. The second kappa shape index (κ2) is 9.05. The monoisotopic (exact) mass is 389 g/mol. The van der Waals surface area contributed by atoms with Crippen LogP contribution in [0.4, 0.5) is 0 Å². The molecule has 5 heteroatoms. The van der Waals surface area contributed by atoms with Crippen LogP contribution in [0.1, 0.15) is 25.3 Å². The molecule has 4 nitrogen and oxygen atoms in total. The summed E-state index contributed by atoms with van der Waals surface area (Å²) in [6.07, 6.45) is 2.52. The van der Waals surface area contributed by atoms with E-state index in [0.29, 0.717) is 6.61 Å². The zero-order chi connectivity index (χ0) is 13.5. The largest absolute Gasteiger partial charge is 0.494 e. The van der Waals surface area contributed by atoms with Crippen molar-refractivity contribution < 1.29 is 4.74 Å². The molecule has 1 saturated heterocycles. The Hall–Kier alpha value is -0.980. The van der Waals surface area contributed by atoms with E-state index in [1.54, 1.807) is 0 Å². The van der Waals surface area contributed by atoms with Crippen LogP contribution >= 0.6 is 24.0 Å². The van der Waals surface area contributed by atoms with E-state index in [1.165, 1.54) is 18.4 Å². The van der Waals surface area contributed by atoms with Crippen LogP contribution in [0.5, 0.6) is 5.75 Å². The van der Waals surface area contributed by atoms with Crippen LogP contribution in [-0.4, -0.2) is 37.6 Å². The third-order valence-electron chi connectivity index (χ3n) is 3.33. The van der Waals surface area contributed by atoms with Gasteiger partial charge in [0.1, 0.15) is 5.75 Å². The van der Waals surface area contributed by atoms with E-state index in [4.69, 9.17) is 4.74 Å². The summed E-state index contributed by atoms with van der Waals surface area (Å²) in [5.41, 5.74) is 1.17. The number of benzene rings is 1. The number of rotatable bonds is 4. The van der Waals surface area contributed by atoms with Crippen molar-refractivity contribution in [3.8, 4) is 5.75 Å².